The van der Waals surface area contributed by atoms with E-state index in [2.05, 4.69) is 0 Å². The average Bonchev–Trinajstić information content (AvgIpc) is 2.65. The standard InChI is InChI=1S/C12H16ClNO2/c1-7-5-9-11(13)8(3-4-14)6-10(15-2)12(9)16-7/h6-7H,3-5,14H2,1-2H3. The number of hydrogen-bond donors (Lipinski definition) is 1. The van der Waals surface area contributed by atoms with E-state index in [0.29, 0.717) is 6.54 Å². The van der Waals surface area contributed by atoms with E-state index in [-0.39, 0.29) is 6.10 Å². The zero-order valence-corrected chi connectivity index (χ0v) is 10.3. The molecular formula is C12H16ClNO2. The van der Waals surface area contributed by atoms with Gasteiger partial charge in [-0.15, -0.1) is 0 Å². The van der Waals surface area contributed by atoms with Crippen molar-refractivity contribution in [2.75, 3.05) is 13.7 Å². The lowest BCUT2D eigenvalue weighted by atomic mass is 10.0. The minimum absolute atomic E-state index is 0.162. The molecule has 0 radical (unpaired) electrons. The largest absolute Gasteiger partial charge is 0.493 e. The van der Waals surface area contributed by atoms with E-state index >= 15 is 0 Å². The lowest BCUT2D eigenvalue weighted by Gasteiger charge is -2.12. The Bertz CT molecular complexity index is 406. The lowest BCUT2D eigenvalue weighted by molar-refractivity contribution is 0.243. The summed E-state index contributed by atoms with van der Waals surface area (Å²) in [7, 11) is 1.64. The molecule has 1 unspecified atom stereocenters. The molecule has 88 valence electrons. The summed E-state index contributed by atoms with van der Waals surface area (Å²) >= 11 is 6.34. The summed E-state index contributed by atoms with van der Waals surface area (Å²) in [4.78, 5) is 0. The van der Waals surface area contributed by atoms with Gasteiger partial charge in [0, 0.05) is 12.0 Å². The van der Waals surface area contributed by atoms with Gasteiger partial charge in [-0.25, -0.2) is 0 Å². The molecular weight excluding hydrogens is 226 g/mol. The Morgan fingerprint density at radius 3 is 3.00 bits per heavy atom. The summed E-state index contributed by atoms with van der Waals surface area (Å²) in [6.07, 6.45) is 1.76. The van der Waals surface area contributed by atoms with E-state index in [1.54, 1.807) is 7.11 Å². The van der Waals surface area contributed by atoms with Crippen molar-refractivity contribution < 1.29 is 9.47 Å². The minimum atomic E-state index is 0.162. The van der Waals surface area contributed by atoms with Crippen LogP contribution in [0.1, 0.15) is 18.1 Å². The molecule has 4 heteroatoms. The molecule has 0 spiro atoms. The Balaban J connectivity index is 2.50. The van der Waals surface area contributed by atoms with Crippen molar-refractivity contribution in [1.82, 2.24) is 0 Å². The summed E-state index contributed by atoms with van der Waals surface area (Å²) in [6.45, 7) is 2.61. The zero-order valence-electron chi connectivity index (χ0n) is 9.55. The van der Waals surface area contributed by atoms with Crippen LogP contribution in [-0.2, 0) is 12.8 Å². The van der Waals surface area contributed by atoms with Crippen LogP contribution in [0.5, 0.6) is 11.5 Å². The normalized spacial score (nSPS) is 18.1. The smallest absolute Gasteiger partial charge is 0.166 e. The first kappa shape index (κ1) is 11.6. The summed E-state index contributed by atoms with van der Waals surface area (Å²) in [5, 5.41) is 0.783. The molecule has 2 rings (SSSR count). The highest BCUT2D eigenvalue weighted by molar-refractivity contribution is 6.32. The van der Waals surface area contributed by atoms with Crippen LogP contribution in [0.3, 0.4) is 0 Å². The van der Waals surface area contributed by atoms with E-state index in [0.717, 1.165) is 40.5 Å². The fourth-order valence-corrected chi connectivity index (χ4v) is 2.37. The van der Waals surface area contributed by atoms with Gasteiger partial charge < -0.3 is 15.2 Å². The summed E-state index contributed by atoms with van der Waals surface area (Å²) < 4.78 is 11.0. The first-order chi connectivity index (χ1) is 7.67. The van der Waals surface area contributed by atoms with Gasteiger partial charge in [0.15, 0.2) is 11.5 Å². The van der Waals surface area contributed by atoms with Crippen LogP contribution in [0, 0.1) is 0 Å². The van der Waals surface area contributed by atoms with Crippen LogP contribution in [0.2, 0.25) is 5.02 Å². The lowest BCUT2D eigenvalue weighted by Crippen LogP contribution is -2.05. The van der Waals surface area contributed by atoms with Crippen LogP contribution in [0.15, 0.2) is 6.07 Å². The number of benzene rings is 1. The molecule has 16 heavy (non-hydrogen) atoms. The zero-order chi connectivity index (χ0) is 11.7. The first-order valence-corrected chi connectivity index (χ1v) is 5.80. The van der Waals surface area contributed by atoms with Crippen LogP contribution in [-0.4, -0.2) is 19.8 Å². The first-order valence-electron chi connectivity index (χ1n) is 5.42. The number of methoxy groups -OCH3 is 1. The summed E-state index contributed by atoms with van der Waals surface area (Å²) in [6, 6.07) is 1.92. The molecule has 1 aliphatic rings. The van der Waals surface area contributed by atoms with Gasteiger partial charge in [-0.1, -0.05) is 11.6 Å². The monoisotopic (exact) mass is 241 g/mol. The van der Waals surface area contributed by atoms with E-state index in [9.17, 15) is 0 Å². The number of halogens is 1. The van der Waals surface area contributed by atoms with E-state index in [1.165, 1.54) is 0 Å². The van der Waals surface area contributed by atoms with Crippen molar-refractivity contribution in [3.63, 3.8) is 0 Å². The third-order valence-electron chi connectivity index (χ3n) is 2.79. The molecule has 1 aliphatic heterocycles. The predicted molar refractivity (Wildman–Crippen MR) is 64.6 cm³/mol. The van der Waals surface area contributed by atoms with E-state index < -0.39 is 0 Å². The Morgan fingerprint density at radius 2 is 2.38 bits per heavy atom. The molecule has 2 N–H and O–H groups in total. The highest BCUT2D eigenvalue weighted by atomic mass is 35.5. The Labute approximate surface area is 100 Å². The highest BCUT2D eigenvalue weighted by Crippen LogP contribution is 2.43. The quantitative estimate of drug-likeness (QED) is 0.882. The molecule has 0 bridgehead atoms. The second kappa shape index (κ2) is 4.52. The molecule has 0 saturated heterocycles. The van der Waals surface area contributed by atoms with Crippen LogP contribution < -0.4 is 15.2 Å². The number of hydrogen-bond acceptors (Lipinski definition) is 3. The molecule has 1 aromatic rings. The summed E-state index contributed by atoms with van der Waals surface area (Å²) in [5.74, 6) is 1.55. The van der Waals surface area contributed by atoms with Gasteiger partial charge in [-0.2, -0.15) is 0 Å². The van der Waals surface area contributed by atoms with Crippen molar-refractivity contribution in [3.8, 4) is 11.5 Å². The number of nitrogens with two attached hydrogens (primary N) is 1. The van der Waals surface area contributed by atoms with Gasteiger partial charge in [0.25, 0.3) is 0 Å². The third kappa shape index (κ3) is 1.85. The molecule has 1 heterocycles. The molecule has 0 aromatic heterocycles. The summed E-state index contributed by atoms with van der Waals surface area (Å²) in [5.41, 5.74) is 7.65. The molecule has 0 amide bonds. The van der Waals surface area contributed by atoms with Gasteiger partial charge in [0.2, 0.25) is 0 Å². The van der Waals surface area contributed by atoms with Gasteiger partial charge in [-0.05, 0) is 31.5 Å². The Hall–Kier alpha value is -0.930. The molecule has 3 nitrogen and oxygen atoms in total. The molecule has 0 aliphatic carbocycles. The topological polar surface area (TPSA) is 44.5 Å². The molecule has 0 saturated carbocycles. The third-order valence-corrected chi connectivity index (χ3v) is 3.27. The average molecular weight is 242 g/mol. The number of rotatable bonds is 3. The van der Waals surface area contributed by atoms with E-state index in [1.807, 2.05) is 13.0 Å². The van der Waals surface area contributed by atoms with Crippen molar-refractivity contribution in [2.45, 2.75) is 25.9 Å². The van der Waals surface area contributed by atoms with Gasteiger partial charge in [0.1, 0.15) is 6.10 Å². The van der Waals surface area contributed by atoms with Crippen molar-refractivity contribution >= 4 is 11.6 Å². The van der Waals surface area contributed by atoms with Gasteiger partial charge >= 0.3 is 0 Å². The minimum Gasteiger partial charge on any atom is -0.493 e. The SMILES string of the molecule is COc1cc(CCN)c(Cl)c2c1OC(C)C2. The Kier molecular flexibility index (Phi) is 3.26. The maximum Gasteiger partial charge on any atom is 0.166 e. The van der Waals surface area contributed by atoms with Crippen LogP contribution in [0.4, 0.5) is 0 Å². The van der Waals surface area contributed by atoms with Crippen LogP contribution in [0.25, 0.3) is 0 Å². The second-order valence-electron chi connectivity index (χ2n) is 4.03. The highest BCUT2D eigenvalue weighted by Gasteiger charge is 2.27. The second-order valence-corrected chi connectivity index (χ2v) is 4.41. The molecule has 0 fully saturated rings. The van der Waals surface area contributed by atoms with Crippen LogP contribution >= 0.6 is 11.6 Å². The fourth-order valence-electron chi connectivity index (χ4n) is 2.06. The molecule has 1 atom stereocenters. The fraction of sp³-hybridized carbons (Fsp3) is 0.500. The maximum absolute atomic E-state index is 6.34. The van der Waals surface area contributed by atoms with Gasteiger partial charge in [-0.3, -0.25) is 0 Å². The number of fused-ring (bicyclic) bond motifs is 1. The maximum atomic E-state index is 6.34. The molecule has 1 aromatic carbocycles. The number of ether oxygens (including phenoxy) is 2. The van der Waals surface area contributed by atoms with Crippen molar-refractivity contribution in [2.24, 2.45) is 5.73 Å². The van der Waals surface area contributed by atoms with Crippen molar-refractivity contribution in [1.29, 1.82) is 0 Å². The van der Waals surface area contributed by atoms with Gasteiger partial charge in [0.05, 0.1) is 12.1 Å². The predicted octanol–water partition coefficient (Wildman–Crippen LogP) is 2.17. The van der Waals surface area contributed by atoms with E-state index in [4.69, 9.17) is 26.8 Å². The Morgan fingerprint density at radius 1 is 1.62 bits per heavy atom. The van der Waals surface area contributed by atoms with Crippen molar-refractivity contribution in [3.05, 3.63) is 22.2 Å².